The van der Waals surface area contributed by atoms with E-state index in [2.05, 4.69) is 25.2 Å². The molecule has 3 N–H and O–H groups in total. The molecule has 5 aromatic heterocycles. The van der Waals surface area contributed by atoms with Gasteiger partial charge in [0.15, 0.2) is 5.65 Å². The number of benzene rings is 1. The van der Waals surface area contributed by atoms with Crippen LogP contribution >= 0.6 is 0 Å². The molecule has 12 heteroatoms. The minimum atomic E-state index is -0.266. The number of nitrogens with two attached hydrogens (primary N) is 1. The summed E-state index contributed by atoms with van der Waals surface area (Å²) in [5, 5.41) is 8.73. The number of pyridine rings is 1. The predicted octanol–water partition coefficient (Wildman–Crippen LogP) is 4.65. The van der Waals surface area contributed by atoms with Gasteiger partial charge in [-0.15, -0.1) is 0 Å². The molecule has 218 valence electrons. The molecule has 0 spiro atoms. The number of anilines is 2. The van der Waals surface area contributed by atoms with E-state index >= 15 is 0 Å². The van der Waals surface area contributed by atoms with Crippen LogP contribution in [-0.2, 0) is 13.6 Å². The first-order valence-corrected chi connectivity index (χ1v) is 14.1. The van der Waals surface area contributed by atoms with Crippen molar-refractivity contribution in [2.24, 2.45) is 7.05 Å². The molecular weight excluding hydrogens is 546 g/mol. The molecule has 0 radical (unpaired) electrons. The Hall–Kier alpha value is -5.23. The quantitative estimate of drug-likeness (QED) is 0.277. The van der Waals surface area contributed by atoms with Crippen molar-refractivity contribution >= 4 is 39.5 Å². The van der Waals surface area contributed by atoms with Crippen molar-refractivity contribution in [3.63, 3.8) is 0 Å². The lowest BCUT2D eigenvalue weighted by Gasteiger charge is -2.31. The van der Waals surface area contributed by atoms with Gasteiger partial charge < -0.3 is 24.8 Å². The number of nitrogen functional groups attached to an aromatic ring is 1. The van der Waals surface area contributed by atoms with Crippen molar-refractivity contribution in [3.8, 4) is 17.0 Å². The van der Waals surface area contributed by atoms with Crippen molar-refractivity contribution in [1.82, 2.24) is 34.2 Å². The number of nitrogens with one attached hydrogen (secondary N) is 1. The monoisotopic (exact) mass is 577 g/mol. The smallest absolute Gasteiger partial charge is 0.272 e. The third-order valence-corrected chi connectivity index (χ3v) is 8.18. The summed E-state index contributed by atoms with van der Waals surface area (Å²) in [5.41, 5.74) is 12.4. The van der Waals surface area contributed by atoms with Crippen LogP contribution in [0.3, 0.4) is 0 Å². The number of carbonyl (C=O) groups is 1. The fraction of sp³-hybridized carbons (Fsp3) is 0.258. The number of fused-ring (bicyclic) bond motifs is 2. The van der Waals surface area contributed by atoms with Crippen molar-refractivity contribution in [1.29, 1.82) is 0 Å². The van der Waals surface area contributed by atoms with Crippen LogP contribution < -0.4 is 15.8 Å². The molecule has 1 aliphatic rings. The van der Waals surface area contributed by atoms with E-state index in [4.69, 9.17) is 20.0 Å². The van der Waals surface area contributed by atoms with Crippen LogP contribution in [0.15, 0.2) is 71.9 Å². The summed E-state index contributed by atoms with van der Waals surface area (Å²) in [7, 11) is 3.41. The summed E-state index contributed by atoms with van der Waals surface area (Å²) in [4.78, 5) is 28.9. The minimum absolute atomic E-state index is 0.168. The fourth-order valence-corrected chi connectivity index (χ4v) is 5.92. The normalized spacial score (nSPS) is 14.5. The molecule has 1 fully saturated rings. The molecule has 43 heavy (non-hydrogen) atoms. The van der Waals surface area contributed by atoms with Crippen LogP contribution in [-0.4, -0.2) is 60.3 Å². The second-order valence-electron chi connectivity index (χ2n) is 10.8. The highest BCUT2D eigenvalue weighted by atomic mass is 16.5. The van der Waals surface area contributed by atoms with Crippen LogP contribution in [0.1, 0.15) is 34.9 Å². The Balaban J connectivity index is 1.17. The molecule has 1 aliphatic heterocycles. The van der Waals surface area contributed by atoms with Crippen molar-refractivity contribution in [3.05, 3.63) is 78.8 Å². The molecule has 6 heterocycles. The third-order valence-electron chi connectivity index (χ3n) is 8.18. The summed E-state index contributed by atoms with van der Waals surface area (Å²) in [6.07, 6.45) is 8.55. The van der Waals surface area contributed by atoms with Gasteiger partial charge in [0.1, 0.15) is 29.3 Å². The second-order valence-corrected chi connectivity index (χ2v) is 10.8. The number of aryl methyl sites for hydroxylation is 1. The fourth-order valence-electron chi connectivity index (χ4n) is 5.92. The van der Waals surface area contributed by atoms with Gasteiger partial charge in [-0.25, -0.2) is 14.6 Å². The topological polar surface area (TPSA) is 142 Å². The number of carbonyl (C=O) groups excluding carboxylic acids is 1. The van der Waals surface area contributed by atoms with Crippen molar-refractivity contribution in [2.75, 3.05) is 31.2 Å². The van der Waals surface area contributed by atoms with Gasteiger partial charge in [-0.05, 0) is 49.2 Å². The summed E-state index contributed by atoms with van der Waals surface area (Å²) in [6.45, 7) is 2.73. The van der Waals surface area contributed by atoms with Gasteiger partial charge in [-0.3, -0.25) is 14.7 Å². The van der Waals surface area contributed by atoms with E-state index in [1.54, 1.807) is 31.9 Å². The first kappa shape index (κ1) is 26.7. The molecule has 0 atom stereocenters. The van der Waals surface area contributed by atoms with Gasteiger partial charge in [0, 0.05) is 44.0 Å². The highest BCUT2D eigenvalue weighted by Gasteiger charge is 2.27. The largest absolute Gasteiger partial charge is 0.495 e. The Labute approximate surface area is 247 Å². The summed E-state index contributed by atoms with van der Waals surface area (Å²) in [5.74, 6) is 0.593. The average molecular weight is 578 g/mol. The highest BCUT2D eigenvalue weighted by molar-refractivity contribution is 6.07. The van der Waals surface area contributed by atoms with Gasteiger partial charge in [0.05, 0.1) is 47.8 Å². The maximum Gasteiger partial charge on any atom is 0.272 e. The molecular formula is C31H31N9O3. The lowest BCUT2D eigenvalue weighted by Crippen LogP contribution is -2.34. The van der Waals surface area contributed by atoms with E-state index < -0.39 is 0 Å². The minimum Gasteiger partial charge on any atom is -0.495 e. The number of amides is 1. The zero-order chi connectivity index (χ0) is 29.5. The number of hydrogen-bond donors (Lipinski definition) is 2. The van der Waals surface area contributed by atoms with Crippen LogP contribution in [0.25, 0.3) is 33.3 Å². The molecule has 0 bridgehead atoms. The van der Waals surface area contributed by atoms with E-state index in [-0.39, 0.29) is 11.9 Å². The van der Waals surface area contributed by atoms with E-state index in [1.165, 1.54) is 11.9 Å². The molecule has 1 saturated heterocycles. The van der Waals surface area contributed by atoms with Crippen LogP contribution in [0.2, 0.25) is 0 Å². The second kappa shape index (κ2) is 10.9. The van der Waals surface area contributed by atoms with E-state index in [9.17, 15) is 4.79 Å². The van der Waals surface area contributed by atoms with E-state index in [0.29, 0.717) is 39.7 Å². The molecule has 0 saturated carbocycles. The molecule has 0 unspecified atom stereocenters. The lowest BCUT2D eigenvalue weighted by molar-refractivity contribution is 0.101. The zero-order valence-corrected chi connectivity index (χ0v) is 23.9. The Bertz CT molecular complexity index is 1940. The van der Waals surface area contributed by atoms with Crippen molar-refractivity contribution in [2.45, 2.75) is 25.4 Å². The predicted molar refractivity (Wildman–Crippen MR) is 163 cm³/mol. The number of piperidine rings is 1. The number of furan rings is 1. The summed E-state index contributed by atoms with van der Waals surface area (Å²) in [6, 6.07) is 13.3. The SMILES string of the molecule is COc1cc(-c2nn(C3CCN(Cc4ccoc4)CC3)c3ncnc(N)c23)ccc1NC(=O)c1cc2ncccc2n1C. The van der Waals surface area contributed by atoms with Gasteiger partial charge >= 0.3 is 0 Å². The number of nitrogens with zero attached hydrogens (tertiary/aromatic N) is 7. The van der Waals surface area contributed by atoms with Crippen LogP contribution in [0, 0.1) is 0 Å². The average Bonchev–Trinajstić information content (AvgIpc) is 3.77. The van der Waals surface area contributed by atoms with Gasteiger partial charge in [-0.2, -0.15) is 5.10 Å². The molecule has 12 nitrogen and oxygen atoms in total. The Morgan fingerprint density at radius 2 is 2.00 bits per heavy atom. The number of hydrogen-bond acceptors (Lipinski definition) is 9. The number of likely N-dealkylation sites (tertiary alicyclic amines) is 1. The molecule has 7 rings (SSSR count). The molecule has 6 aromatic rings. The summed E-state index contributed by atoms with van der Waals surface area (Å²) < 4.78 is 14.8. The number of methoxy groups -OCH3 is 1. The zero-order valence-electron chi connectivity index (χ0n) is 23.9. The summed E-state index contributed by atoms with van der Waals surface area (Å²) >= 11 is 0. The molecule has 1 aromatic carbocycles. The van der Waals surface area contributed by atoms with Gasteiger partial charge in [0.2, 0.25) is 0 Å². The van der Waals surface area contributed by atoms with E-state index in [1.807, 2.05) is 52.7 Å². The first-order chi connectivity index (χ1) is 21.0. The Kier molecular flexibility index (Phi) is 6.74. The van der Waals surface area contributed by atoms with Gasteiger partial charge in [0.25, 0.3) is 5.91 Å². The maximum atomic E-state index is 13.3. The Morgan fingerprint density at radius 1 is 1.14 bits per heavy atom. The number of rotatable bonds is 7. The third kappa shape index (κ3) is 4.85. The van der Waals surface area contributed by atoms with E-state index in [0.717, 1.165) is 49.1 Å². The maximum absolute atomic E-state index is 13.3. The Morgan fingerprint density at radius 3 is 2.77 bits per heavy atom. The van der Waals surface area contributed by atoms with Crippen LogP contribution in [0.5, 0.6) is 5.75 Å². The van der Waals surface area contributed by atoms with Gasteiger partial charge in [-0.1, -0.05) is 6.07 Å². The van der Waals surface area contributed by atoms with Crippen LogP contribution in [0.4, 0.5) is 11.5 Å². The highest BCUT2D eigenvalue weighted by Crippen LogP contribution is 2.37. The number of aromatic nitrogens is 6. The standard InChI is InChI=1S/C31H31N9O3/c1-38-24-4-3-10-33-23(24)15-25(38)31(41)36-22-6-5-20(14-26(22)42-2)28-27-29(32)34-18-35-30(27)40(37-28)21-7-11-39(12-8-21)16-19-9-13-43-17-19/h3-6,9-10,13-15,17-18,21H,7-8,11-12,16H2,1-2H3,(H,36,41)(H2,32,34,35). The first-order valence-electron chi connectivity index (χ1n) is 14.1. The van der Waals surface area contributed by atoms with Crippen molar-refractivity contribution < 1.29 is 13.9 Å². The molecule has 1 amide bonds. The lowest BCUT2D eigenvalue weighted by atomic mass is 10.0. The molecule has 0 aliphatic carbocycles. The number of ether oxygens (including phenoxy) is 1.